The van der Waals surface area contributed by atoms with E-state index in [4.69, 9.17) is 9.84 Å². The van der Waals surface area contributed by atoms with E-state index in [1.54, 1.807) is 0 Å². The molecule has 17 heavy (non-hydrogen) atoms. The minimum absolute atomic E-state index is 0.170. The summed E-state index contributed by atoms with van der Waals surface area (Å²) in [5.41, 5.74) is 0.341. The fraction of sp³-hybridized carbons (Fsp3) is 0.833. The fourth-order valence-corrected chi connectivity index (χ4v) is 2.27. The van der Waals surface area contributed by atoms with Crippen molar-refractivity contribution in [3.05, 3.63) is 0 Å². The summed E-state index contributed by atoms with van der Waals surface area (Å²) < 4.78 is 5.18. The number of rotatable bonds is 4. The largest absolute Gasteiger partial charge is 0.479 e. The van der Waals surface area contributed by atoms with E-state index in [0.29, 0.717) is 30.7 Å². The van der Waals surface area contributed by atoms with Crippen LogP contribution >= 0.6 is 0 Å². The lowest BCUT2D eigenvalue weighted by Gasteiger charge is -2.12. The molecule has 2 aliphatic rings. The van der Waals surface area contributed by atoms with Crippen LogP contribution in [0.2, 0.25) is 0 Å². The van der Waals surface area contributed by atoms with Crippen molar-refractivity contribution in [2.24, 2.45) is 11.3 Å². The van der Waals surface area contributed by atoms with Gasteiger partial charge < -0.3 is 15.2 Å². The third-order valence-electron chi connectivity index (χ3n) is 3.83. The van der Waals surface area contributed by atoms with Crippen molar-refractivity contribution in [1.82, 2.24) is 5.32 Å². The highest BCUT2D eigenvalue weighted by Gasteiger charge is 2.45. The van der Waals surface area contributed by atoms with Gasteiger partial charge in [-0.3, -0.25) is 4.79 Å². The van der Waals surface area contributed by atoms with Crippen LogP contribution in [0.25, 0.3) is 0 Å². The fourth-order valence-electron chi connectivity index (χ4n) is 2.27. The summed E-state index contributed by atoms with van der Waals surface area (Å²) in [5.74, 6) is -0.608. The number of carbonyl (C=O) groups is 2. The Morgan fingerprint density at radius 1 is 1.35 bits per heavy atom. The predicted molar refractivity (Wildman–Crippen MR) is 60.4 cm³/mol. The van der Waals surface area contributed by atoms with E-state index in [1.807, 2.05) is 0 Å². The van der Waals surface area contributed by atoms with E-state index in [-0.39, 0.29) is 5.91 Å². The van der Waals surface area contributed by atoms with E-state index in [1.165, 1.54) is 0 Å². The van der Waals surface area contributed by atoms with Crippen LogP contribution in [0.3, 0.4) is 0 Å². The second-order valence-electron chi connectivity index (χ2n) is 5.66. The number of ether oxygens (including phenoxy) is 1. The minimum atomic E-state index is -0.983. The van der Waals surface area contributed by atoms with Crippen molar-refractivity contribution in [2.75, 3.05) is 6.54 Å². The molecule has 96 valence electrons. The highest BCUT2D eigenvalue weighted by atomic mass is 16.5. The Morgan fingerprint density at radius 2 is 1.94 bits per heavy atom. The van der Waals surface area contributed by atoms with Gasteiger partial charge in [0.2, 0.25) is 5.91 Å². The standard InChI is InChI=1S/C12H19NO4/c1-12(2)5-7(12)6-13-10(14)8-3-4-9(17-8)11(15)16/h7-9H,3-6H2,1-2H3,(H,13,14)(H,15,16). The highest BCUT2D eigenvalue weighted by Crippen LogP contribution is 2.50. The van der Waals surface area contributed by atoms with Crippen molar-refractivity contribution < 1.29 is 19.4 Å². The van der Waals surface area contributed by atoms with Gasteiger partial charge in [-0.1, -0.05) is 13.8 Å². The summed E-state index contributed by atoms with van der Waals surface area (Å²) in [5, 5.41) is 11.6. The van der Waals surface area contributed by atoms with Gasteiger partial charge in [-0.25, -0.2) is 4.79 Å². The van der Waals surface area contributed by atoms with E-state index in [0.717, 1.165) is 6.42 Å². The number of carboxylic acid groups (broad SMARTS) is 1. The minimum Gasteiger partial charge on any atom is -0.479 e. The van der Waals surface area contributed by atoms with E-state index in [2.05, 4.69) is 19.2 Å². The maximum Gasteiger partial charge on any atom is 0.332 e. The first-order valence-corrected chi connectivity index (χ1v) is 6.06. The van der Waals surface area contributed by atoms with Gasteiger partial charge in [0, 0.05) is 6.54 Å². The van der Waals surface area contributed by atoms with Gasteiger partial charge in [-0.2, -0.15) is 0 Å². The molecule has 0 aromatic carbocycles. The second kappa shape index (κ2) is 4.29. The zero-order chi connectivity index (χ0) is 12.6. The van der Waals surface area contributed by atoms with Crippen LogP contribution in [-0.4, -0.2) is 35.7 Å². The first-order valence-electron chi connectivity index (χ1n) is 6.06. The summed E-state index contributed by atoms with van der Waals surface area (Å²) in [6.45, 7) is 5.02. The lowest BCUT2D eigenvalue weighted by atomic mass is 10.1. The molecule has 5 heteroatoms. The summed E-state index contributed by atoms with van der Waals surface area (Å²) in [6, 6.07) is 0. The maximum absolute atomic E-state index is 11.7. The number of nitrogens with one attached hydrogen (secondary N) is 1. The van der Waals surface area contributed by atoms with Gasteiger partial charge >= 0.3 is 5.97 Å². The first kappa shape index (κ1) is 12.4. The zero-order valence-electron chi connectivity index (χ0n) is 10.2. The molecule has 0 aromatic heterocycles. The molecule has 0 bridgehead atoms. The Labute approximate surface area is 101 Å². The zero-order valence-corrected chi connectivity index (χ0v) is 10.2. The highest BCUT2D eigenvalue weighted by molar-refractivity contribution is 5.82. The number of hydrogen-bond acceptors (Lipinski definition) is 3. The van der Waals surface area contributed by atoms with Gasteiger partial charge in [0.05, 0.1) is 0 Å². The third kappa shape index (κ3) is 2.77. The predicted octanol–water partition coefficient (Wildman–Crippen LogP) is 0.781. The summed E-state index contributed by atoms with van der Waals surface area (Å²) >= 11 is 0. The molecule has 5 nitrogen and oxygen atoms in total. The van der Waals surface area contributed by atoms with Crippen LogP contribution in [0.5, 0.6) is 0 Å². The van der Waals surface area contributed by atoms with E-state index < -0.39 is 18.2 Å². The second-order valence-corrected chi connectivity index (χ2v) is 5.66. The molecule has 3 unspecified atom stereocenters. The lowest BCUT2D eigenvalue weighted by molar-refractivity contribution is -0.151. The van der Waals surface area contributed by atoms with Crippen molar-refractivity contribution in [3.63, 3.8) is 0 Å². The van der Waals surface area contributed by atoms with Crippen molar-refractivity contribution in [1.29, 1.82) is 0 Å². The average Bonchev–Trinajstić information content (AvgIpc) is 2.68. The molecule has 2 N–H and O–H groups in total. The molecule has 0 aromatic rings. The van der Waals surface area contributed by atoms with Crippen LogP contribution in [0.1, 0.15) is 33.1 Å². The van der Waals surface area contributed by atoms with Gasteiger partial charge in [0.15, 0.2) is 6.10 Å². The van der Waals surface area contributed by atoms with Gasteiger partial charge in [-0.15, -0.1) is 0 Å². The van der Waals surface area contributed by atoms with Crippen LogP contribution < -0.4 is 5.32 Å². The van der Waals surface area contributed by atoms with Crippen molar-refractivity contribution in [2.45, 2.75) is 45.3 Å². The first-order chi connectivity index (χ1) is 7.90. The monoisotopic (exact) mass is 241 g/mol. The SMILES string of the molecule is CC1(C)CC1CNC(=O)C1CCC(C(=O)O)O1. The molecule has 2 fully saturated rings. The molecular weight excluding hydrogens is 222 g/mol. The maximum atomic E-state index is 11.7. The quantitative estimate of drug-likeness (QED) is 0.762. The van der Waals surface area contributed by atoms with Crippen LogP contribution in [0, 0.1) is 11.3 Å². The van der Waals surface area contributed by atoms with Crippen LogP contribution in [0.4, 0.5) is 0 Å². The Kier molecular flexibility index (Phi) is 3.12. The van der Waals surface area contributed by atoms with E-state index in [9.17, 15) is 9.59 Å². The number of hydrogen-bond donors (Lipinski definition) is 2. The Balaban J connectivity index is 1.72. The topological polar surface area (TPSA) is 75.6 Å². The Hall–Kier alpha value is -1.10. The van der Waals surface area contributed by atoms with Crippen molar-refractivity contribution in [3.8, 4) is 0 Å². The van der Waals surface area contributed by atoms with Crippen LogP contribution in [0.15, 0.2) is 0 Å². The summed E-state index contributed by atoms with van der Waals surface area (Å²) in [4.78, 5) is 22.4. The number of amides is 1. The van der Waals surface area contributed by atoms with Crippen molar-refractivity contribution >= 4 is 11.9 Å². The van der Waals surface area contributed by atoms with Gasteiger partial charge in [0.25, 0.3) is 0 Å². The summed E-state index contributed by atoms with van der Waals surface area (Å²) in [6.07, 6.45) is 0.650. The number of aliphatic carboxylic acids is 1. The molecular formula is C12H19NO4. The lowest BCUT2D eigenvalue weighted by Crippen LogP contribution is -2.37. The molecule has 1 aliphatic carbocycles. The Morgan fingerprint density at radius 3 is 2.41 bits per heavy atom. The average molecular weight is 241 g/mol. The molecule has 3 atom stereocenters. The third-order valence-corrected chi connectivity index (χ3v) is 3.83. The molecule has 1 heterocycles. The normalized spacial score (nSPS) is 34.4. The molecule has 2 rings (SSSR count). The molecule has 1 saturated heterocycles. The molecule has 1 saturated carbocycles. The number of carboxylic acids is 1. The van der Waals surface area contributed by atoms with Gasteiger partial charge in [0.1, 0.15) is 6.10 Å². The molecule has 0 spiro atoms. The van der Waals surface area contributed by atoms with Crippen LogP contribution in [-0.2, 0) is 14.3 Å². The molecule has 0 radical (unpaired) electrons. The smallest absolute Gasteiger partial charge is 0.332 e. The Bertz CT molecular complexity index is 339. The van der Waals surface area contributed by atoms with E-state index >= 15 is 0 Å². The van der Waals surface area contributed by atoms with Gasteiger partial charge in [-0.05, 0) is 30.6 Å². The number of carbonyl (C=O) groups excluding carboxylic acids is 1. The summed E-state index contributed by atoms with van der Waals surface area (Å²) in [7, 11) is 0. The molecule has 1 aliphatic heterocycles. The molecule has 1 amide bonds.